The summed E-state index contributed by atoms with van der Waals surface area (Å²) in [5, 5.41) is 0. The van der Waals surface area contributed by atoms with Crippen molar-refractivity contribution in [3.8, 4) is 0 Å². The molecule has 0 fully saturated rings. The smallest absolute Gasteiger partial charge is 0.232 e. The van der Waals surface area contributed by atoms with Gasteiger partial charge in [0.05, 0.1) is 5.75 Å². The number of benzene rings is 1. The first-order valence-electron chi connectivity index (χ1n) is 4.70. The highest BCUT2D eigenvalue weighted by molar-refractivity contribution is 7.92. The summed E-state index contributed by atoms with van der Waals surface area (Å²) in [7, 11) is -3.41. The molecule has 0 bridgehead atoms. The number of hydrogen-bond acceptors (Lipinski definition) is 3. The zero-order valence-corrected chi connectivity index (χ0v) is 9.48. The maximum absolute atomic E-state index is 11.3. The van der Waals surface area contributed by atoms with Gasteiger partial charge in [-0.1, -0.05) is 42.5 Å². The van der Waals surface area contributed by atoms with E-state index in [0.29, 0.717) is 0 Å². The van der Waals surface area contributed by atoms with Crippen LogP contribution in [0.1, 0.15) is 5.56 Å². The summed E-state index contributed by atoms with van der Waals surface area (Å²) in [5.74, 6) is -1.61. The van der Waals surface area contributed by atoms with Crippen LogP contribution in [-0.2, 0) is 14.6 Å². The van der Waals surface area contributed by atoms with Gasteiger partial charge in [-0.15, -0.1) is 0 Å². The molecule has 0 aliphatic rings. The minimum atomic E-state index is -3.41. The summed E-state index contributed by atoms with van der Waals surface area (Å²) >= 11 is 0. The van der Waals surface area contributed by atoms with Crippen LogP contribution in [0, 0.1) is 0 Å². The van der Waals surface area contributed by atoms with Gasteiger partial charge in [0.25, 0.3) is 0 Å². The van der Waals surface area contributed by atoms with Crippen LogP contribution in [-0.4, -0.2) is 25.8 Å². The average Bonchev–Trinajstić information content (AvgIpc) is 2.16. The molecular weight excluding hydrogens is 226 g/mol. The van der Waals surface area contributed by atoms with E-state index in [0.717, 1.165) is 5.56 Å². The van der Waals surface area contributed by atoms with Crippen LogP contribution in [0.4, 0.5) is 0 Å². The molecule has 0 aliphatic carbocycles. The number of rotatable bonds is 5. The number of hydrogen-bond donors (Lipinski definition) is 1. The number of sulfone groups is 1. The Morgan fingerprint density at radius 2 is 1.88 bits per heavy atom. The van der Waals surface area contributed by atoms with E-state index in [9.17, 15) is 13.2 Å². The van der Waals surface area contributed by atoms with Crippen molar-refractivity contribution in [3.05, 3.63) is 42.0 Å². The van der Waals surface area contributed by atoms with E-state index in [1.807, 2.05) is 30.3 Å². The molecule has 0 atom stereocenters. The van der Waals surface area contributed by atoms with Crippen molar-refractivity contribution < 1.29 is 13.2 Å². The van der Waals surface area contributed by atoms with Crippen LogP contribution in [0.3, 0.4) is 0 Å². The van der Waals surface area contributed by atoms with E-state index in [1.165, 1.54) is 6.08 Å². The number of carbonyl (C=O) groups is 1. The molecule has 0 radical (unpaired) electrons. The van der Waals surface area contributed by atoms with Gasteiger partial charge >= 0.3 is 0 Å². The van der Waals surface area contributed by atoms with Crippen molar-refractivity contribution in [1.82, 2.24) is 0 Å². The molecule has 0 saturated carbocycles. The molecule has 2 N–H and O–H groups in total. The molecule has 0 aliphatic heterocycles. The van der Waals surface area contributed by atoms with Crippen molar-refractivity contribution in [1.29, 1.82) is 0 Å². The standard InChI is InChI=1S/C11H13NO3S/c12-11(13)9-16(14,15)8-4-7-10-5-2-1-3-6-10/h1-7H,8-9H2,(H2,12,13)/b7-4+. The molecule has 16 heavy (non-hydrogen) atoms. The fourth-order valence-corrected chi connectivity index (χ4v) is 2.11. The molecule has 1 aromatic carbocycles. The number of amides is 1. The van der Waals surface area contributed by atoms with Gasteiger partial charge in [-0.25, -0.2) is 8.42 Å². The topological polar surface area (TPSA) is 77.2 Å². The second-order valence-electron chi connectivity index (χ2n) is 3.33. The summed E-state index contributed by atoms with van der Waals surface area (Å²) in [6, 6.07) is 9.31. The van der Waals surface area contributed by atoms with E-state index in [-0.39, 0.29) is 5.75 Å². The summed E-state index contributed by atoms with van der Waals surface area (Å²) < 4.78 is 22.6. The van der Waals surface area contributed by atoms with Crippen molar-refractivity contribution >= 4 is 21.8 Å². The van der Waals surface area contributed by atoms with Crippen LogP contribution in [0.25, 0.3) is 6.08 Å². The Labute approximate surface area is 94.7 Å². The van der Waals surface area contributed by atoms with E-state index in [1.54, 1.807) is 6.08 Å². The monoisotopic (exact) mass is 239 g/mol. The van der Waals surface area contributed by atoms with Gasteiger partial charge in [0, 0.05) is 0 Å². The normalized spacial score (nSPS) is 11.8. The lowest BCUT2D eigenvalue weighted by Gasteiger charge is -1.96. The third kappa shape index (κ3) is 4.75. The Morgan fingerprint density at radius 3 is 2.44 bits per heavy atom. The molecule has 86 valence electrons. The second kappa shape index (κ2) is 5.46. The van der Waals surface area contributed by atoms with Gasteiger partial charge in [0.15, 0.2) is 9.84 Å². The van der Waals surface area contributed by atoms with Crippen LogP contribution in [0.5, 0.6) is 0 Å². The van der Waals surface area contributed by atoms with Crippen LogP contribution < -0.4 is 5.73 Å². The molecule has 0 spiro atoms. The number of primary amides is 1. The highest BCUT2D eigenvalue weighted by Gasteiger charge is 2.11. The highest BCUT2D eigenvalue weighted by atomic mass is 32.2. The summed E-state index contributed by atoms with van der Waals surface area (Å²) in [4.78, 5) is 10.5. The Hall–Kier alpha value is -1.62. The van der Waals surface area contributed by atoms with E-state index >= 15 is 0 Å². The maximum Gasteiger partial charge on any atom is 0.232 e. The van der Waals surface area contributed by atoms with E-state index < -0.39 is 21.5 Å². The zero-order valence-electron chi connectivity index (χ0n) is 8.67. The highest BCUT2D eigenvalue weighted by Crippen LogP contribution is 2.01. The predicted octanol–water partition coefficient (Wildman–Crippen LogP) is 0.600. The molecule has 0 unspecified atom stereocenters. The van der Waals surface area contributed by atoms with Crippen LogP contribution in [0.15, 0.2) is 36.4 Å². The van der Waals surface area contributed by atoms with Gasteiger partial charge in [0.2, 0.25) is 5.91 Å². The third-order valence-electron chi connectivity index (χ3n) is 1.82. The van der Waals surface area contributed by atoms with E-state index in [2.05, 4.69) is 0 Å². The van der Waals surface area contributed by atoms with E-state index in [4.69, 9.17) is 5.73 Å². The number of carbonyl (C=O) groups excluding carboxylic acids is 1. The van der Waals surface area contributed by atoms with Gasteiger partial charge < -0.3 is 5.73 Å². The first kappa shape index (κ1) is 12.4. The van der Waals surface area contributed by atoms with Crippen LogP contribution >= 0.6 is 0 Å². The van der Waals surface area contributed by atoms with Crippen molar-refractivity contribution in [2.24, 2.45) is 5.73 Å². The van der Waals surface area contributed by atoms with Crippen molar-refractivity contribution in [3.63, 3.8) is 0 Å². The molecule has 1 rings (SSSR count). The van der Waals surface area contributed by atoms with Crippen LogP contribution in [0.2, 0.25) is 0 Å². The summed E-state index contributed by atoms with van der Waals surface area (Å²) in [5.41, 5.74) is 5.73. The first-order valence-corrected chi connectivity index (χ1v) is 6.52. The lowest BCUT2D eigenvalue weighted by Crippen LogP contribution is -2.24. The third-order valence-corrected chi connectivity index (χ3v) is 3.25. The molecule has 1 amide bonds. The predicted molar refractivity (Wildman–Crippen MR) is 63.3 cm³/mol. The Kier molecular flexibility index (Phi) is 4.25. The van der Waals surface area contributed by atoms with Gasteiger partial charge in [-0.2, -0.15) is 0 Å². The largest absolute Gasteiger partial charge is 0.369 e. The molecule has 1 aromatic rings. The molecular formula is C11H13NO3S. The second-order valence-corrected chi connectivity index (χ2v) is 5.44. The fourth-order valence-electron chi connectivity index (χ4n) is 1.17. The van der Waals surface area contributed by atoms with Gasteiger partial charge in [-0.3, -0.25) is 4.79 Å². The fraction of sp³-hybridized carbons (Fsp3) is 0.182. The Balaban J connectivity index is 2.58. The number of nitrogens with two attached hydrogens (primary N) is 1. The lowest BCUT2D eigenvalue weighted by atomic mass is 10.2. The Bertz CT molecular complexity index is 477. The molecule has 5 heteroatoms. The molecule has 0 saturated heterocycles. The lowest BCUT2D eigenvalue weighted by molar-refractivity contribution is -0.115. The molecule has 4 nitrogen and oxygen atoms in total. The zero-order chi connectivity index (χ0) is 12.0. The summed E-state index contributed by atoms with van der Waals surface area (Å²) in [6.07, 6.45) is 3.20. The molecule has 0 heterocycles. The van der Waals surface area contributed by atoms with Gasteiger partial charge in [-0.05, 0) is 5.56 Å². The quantitative estimate of drug-likeness (QED) is 0.817. The Morgan fingerprint density at radius 1 is 1.25 bits per heavy atom. The van der Waals surface area contributed by atoms with Crippen molar-refractivity contribution in [2.75, 3.05) is 11.5 Å². The average molecular weight is 239 g/mol. The maximum atomic E-state index is 11.3. The minimum Gasteiger partial charge on any atom is -0.369 e. The SMILES string of the molecule is NC(=O)CS(=O)(=O)C/C=C/c1ccccc1. The van der Waals surface area contributed by atoms with Crippen molar-refractivity contribution in [2.45, 2.75) is 0 Å². The minimum absolute atomic E-state index is 0.176. The summed E-state index contributed by atoms with van der Waals surface area (Å²) in [6.45, 7) is 0. The van der Waals surface area contributed by atoms with Gasteiger partial charge in [0.1, 0.15) is 5.75 Å². The first-order chi connectivity index (χ1) is 7.49. The molecule has 0 aromatic heterocycles.